The van der Waals surface area contributed by atoms with E-state index in [1.807, 2.05) is 42.5 Å². The molecule has 13 aromatic rings. The van der Waals surface area contributed by atoms with Crippen LogP contribution in [0.4, 0.5) is 34.1 Å². The summed E-state index contributed by atoms with van der Waals surface area (Å²) >= 11 is 0. The maximum atomic E-state index is 12.3. The molecule has 5 nitrogen and oxygen atoms in total. The highest BCUT2D eigenvalue weighted by molar-refractivity contribution is 6.14. The maximum absolute atomic E-state index is 12.3. The highest BCUT2D eigenvalue weighted by Crippen LogP contribution is 2.49. The van der Waals surface area contributed by atoms with Gasteiger partial charge in [0.25, 0.3) is 0 Å². The highest BCUT2D eigenvalue weighted by atomic mass is 16.3. The molecule has 0 aliphatic rings. The third-order valence-corrected chi connectivity index (χ3v) is 12.9. The van der Waals surface area contributed by atoms with Gasteiger partial charge in [0.2, 0.25) is 0 Å². The van der Waals surface area contributed by atoms with Crippen LogP contribution in [0.5, 0.6) is 5.75 Å². The fraction of sp³-hybridized carbons (Fsp3) is 0. The lowest BCUT2D eigenvalue weighted by atomic mass is 9.95. The SMILES string of the molecule is Oc1cc(N(c2ccc3ccccc3c2)c2cccc3c2oc2ccccc23)ccc1-c1ccc(N(c2ccc3ccccc3c2)c2cccc3c2oc2ccccc23)c2ccccc12. The van der Waals surface area contributed by atoms with Crippen molar-refractivity contribution in [2.75, 3.05) is 9.80 Å². The van der Waals surface area contributed by atoms with Crippen LogP contribution in [0.3, 0.4) is 0 Å². The predicted molar refractivity (Wildman–Crippen MR) is 270 cm³/mol. The summed E-state index contributed by atoms with van der Waals surface area (Å²) in [4.78, 5) is 4.49. The van der Waals surface area contributed by atoms with Crippen LogP contribution in [0, 0.1) is 0 Å². The number of phenols is 1. The number of fused-ring (bicyclic) bond motifs is 9. The number of benzene rings is 11. The Morgan fingerprint density at radius 2 is 0.738 bits per heavy atom. The first-order valence-electron chi connectivity index (χ1n) is 21.9. The number of phenolic OH excluding ortho intramolecular Hbond substituents is 1. The van der Waals surface area contributed by atoms with Crippen molar-refractivity contribution in [1.29, 1.82) is 0 Å². The second-order valence-corrected chi connectivity index (χ2v) is 16.6. The predicted octanol–water partition coefficient (Wildman–Crippen LogP) is 17.3. The van der Waals surface area contributed by atoms with Gasteiger partial charge in [0.05, 0.1) is 17.1 Å². The first-order chi connectivity index (χ1) is 32.1. The molecule has 11 aromatic carbocycles. The largest absolute Gasteiger partial charge is 0.507 e. The molecule has 0 atom stereocenters. The molecular formula is C60H38N2O3. The van der Waals surface area contributed by atoms with Gasteiger partial charge in [-0.05, 0) is 99.2 Å². The Morgan fingerprint density at radius 1 is 0.292 bits per heavy atom. The zero-order valence-corrected chi connectivity index (χ0v) is 35.0. The number of rotatable bonds is 7. The first-order valence-corrected chi connectivity index (χ1v) is 21.9. The second-order valence-electron chi connectivity index (χ2n) is 16.6. The van der Waals surface area contributed by atoms with Crippen LogP contribution < -0.4 is 9.80 Å². The van der Waals surface area contributed by atoms with E-state index in [0.717, 1.165) is 116 Å². The number of nitrogens with zero attached hydrogens (tertiary/aromatic N) is 2. The van der Waals surface area contributed by atoms with Crippen LogP contribution in [0.15, 0.2) is 233 Å². The monoisotopic (exact) mass is 834 g/mol. The molecule has 65 heavy (non-hydrogen) atoms. The number of anilines is 6. The van der Waals surface area contributed by atoms with Crippen LogP contribution in [-0.4, -0.2) is 5.11 Å². The lowest BCUT2D eigenvalue weighted by Gasteiger charge is -2.28. The molecule has 0 saturated heterocycles. The van der Waals surface area contributed by atoms with Gasteiger partial charge in [-0.25, -0.2) is 0 Å². The zero-order chi connectivity index (χ0) is 43.0. The molecule has 0 unspecified atom stereocenters. The third-order valence-electron chi connectivity index (χ3n) is 12.9. The lowest BCUT2D eigenvalue weighted by molar-refractivity contribution is 0.477. The summed E-state index contributed by atoms with van der Waals surface area (Å²) in [6.45, 7) is 0. The Hall–Kier alpha value is -8.80. The zero-order valence-electron chi connectivity index (χ0n) is 35.0. The fourth-order valence-corrected chi connectivity index (χ4v) is 9.88. The van der Waals surface area contributed by atoms with Gasteiger partial charge in [-0.3, -0.25) is 0 Å². The van der Waals surface area contributed by atoms with Crippen LogP contribution in [0.1, 0.15) is 0 Å². The first kappa shape index (κ1) is 36.8. The highest BCUT2D eigenvalue weighted by Gasteiger charge is 2.24. The van der Waals surface area contributed by atoms with Crippen molar-refractivity contribution in [3.8, 4) is 16.9 Å². The van der Waals surface area contributed by atoms with Crippen molar-refractivity contribution in [2.24, 2.45) is 0 Å². The quantitative estimate of drug-likeness (QED) is 0.173. The molecule has 306 valence electrons. The van der Waals surface area contributed by atoms with Gasteiger partial charge in [-0.1, -0.05) is 152 Å². The Bertz CT molecular complexity index is 4010. The summed E-state index contributed by atoms with van der Waals surface area (Å²) in [6.07, 6.45) is 0. The molecule has 2 heterocycles. The molecule has 0 bridgehead atoms. The molecule has 0 aliphatic carbocycles. The molecule has 0 aliphatic heterocycles. The molecule has 13 rings (SSSR count). The van der Waals surface area contributed by atoms with Crippen molar-refractivity contribution >= 4 is 110 Å². The Kier molecular flexibility index (Phi) is 8.30. The van der Waals surface area contributed by atoms with Crippen LogP contribution in [0.2, 0.25) is 0 Å². The molecule has 5 heteroatoms. The standard InChI is InChI=1S/C60H38N2O3/c63-56-37-44(61(42-29-27-38-13-1-3-15-40(38)35-42)54-23-11-21-51-49-19-7-9-25-57(49)64-59(51)54)31-32-48(56)46-33-34-53(47-18-6-5-17-45(46)47)62(43-30-28-39-14-2-4-16-41(39)36-43)55-24-12-22-52-50-20-8-10-26-58(50)65-60(52)55/h1-37,63H. The van der Waals surface area contributed by atoms with E-state index in [1.165, 1.54) is 5.39 Å². The topological polar surface area (TPSA) is 53.0 Å². The van der Waals surface area contributed by atoms with Crippen LogP contribution >= 0.6 is 0 Å². The molecule has 0 spiro atoms. The van der Waals surface area contributed by atoms with Gasteiger partial charge in [-0.15, -0.1) is 0 Å². The lowest BCUT2D eigenvalue weighted by Crippen LogP contribution is -2.11. The van der Waals surface area contributed by atoms with E-state index in [1.54, 1.807) is 0 Å². The van der Waals surface area contributed by atoms with E-state index < -0.39 is 0 Å². The van der Waals surface area contributed by atoms with Gasteiger partial charge in [-0.2, -0.15) is 0 Å². The van der Waals surface area contributed by atoms with E-state index >= 15 is 0 Å². The molecule has 0 radical (unpaired) electrons. The van der Waals surface area contributed by atoms with Crippen molar-refractivity contribution in [1.82, 2.24) is 0 Å². The van der Waals surface area contributed by atoms with Crippen molar-refractivity contribution < 1.29 is 13.9 Å². The number of hydrogen-bond acceptors (Lipinski definition) is 5. The minimum Gasteiger partial charge on any atom is -0.507 e. The van der Waals surface area contributed by atoms with Gasteiger partial charge in [0.1, 0.15) is 16.9 Å². The number of aromatic hydroxyl groups is 1. The third kappa shape index (κ3) is 5.94. The van der Waals surface area contributed by atoms with E-state index in [0.29, 0.717) is 0 Å². The van der Waals surface area contributed by atoms with Gasteiger partial charge >= 0.3 is 0 Å². The Balaban J connectivity index is 0.984. The van der Waals surface area contributed by atoms with E-state index in [2.05, 4.69) is 192 Å². The summed E-state index contributed by atoms with van der Waals surface area (Å²) in [5.74, 6) is 0.168. The summed E-state index contributed by atoms with van der Waals surface area (Å²) in [5.41, 5.74) is 10.5. The molecule has 0 saturated carbocycles. The summed E-state index contributed by atoms with van der Waals surface area (Å²) < 4.78 is 13.3. The molecule has 0 fully saturated rings. The molecular weight excluding hydrogens is 797 g/mol. The van der Waals surface area contributed by atoms with Gasteiger partial charge in [0, 0.05) is 55.6 Å². The van der Waals surface area contributed by atoms with Gasteiger partial charge < -0.3 is 23.7 Å². The summed E-state index contributed by atoms with van der Waals surface area (Å²) in [7, 11) is 0. The minimum atomic E-state index is 0.168. The maximum Gasteiger partial charge on any atom is 0.159 e. The van der Waals surface area contributed by atoms with E-state index in [4.69, 9.17) is 8.83 Å². The van der Waals surface area contributed by atoms with E-state index in [9.17, 15) is 5.11 Å². The summed E-state index contributed by atoms with van der Waals surface area (Å²) in [5, 5.41) is 23.2. The Labute approximate surface area is 373 Å². The number of furan rings is 2. The smallest absolute Gasteiger partial charge is 0.159 e. The van der Waals surface area contributed by atoms with Crippen molar-refractivity contribution in [2.45, 2.75) is 0 Å². The summed E-state index contributed by atoms with van der Waals surface area (Å²) in [6, 6.07) is 77.7. The molecule has 0 amide bonds. The van der Waals surface area contributed by atoms with Crippen LogP contribution in [0.25, 0.3) is 87.3 Å². The molecule has 2 aromatic heterocycles. The average Bonchev–Trinajstić information content (AvgIpc) is 3.94. The normalized spacial score (nSPS) is 11.8. The fourth-order valence-electron chi connectivity index (χ4n) is 9.88. The average molecular weight is 835 g/mol. The van der Waals surface area contributed by atoms with Gasteiger partial charge in [0.15, 0.2) is 11.2 Å². The number of hydrogen-bond donors (Lipinski definition) is 1. The van der Waals surface area contributed by atoms with E-state index in [-0.39, 0.29) is 5.75 Å². The minimum absolute atomic E-state index is 0.168. The van der Waals surface area contributed by atoms with Crippen LogP contribution in [-0.2, 0) is 0 Å². The van der Waals surface area contributed by atoms with Crippen molar-refractivity contribution in [3.63, 3.8) is 0 Å². The second kappa shape index (κ2) is 14.7. The Morgan fingerprint density at radius 3 is 1.34 bits per heavy atom. The molecule has 1 N–H and O–H groups in total. The number of para-hydroxylation sites is 4. The van der Waals surface area contributed by atoms with Crippen molar-refractivity contribution in [3.05, 3.63) is 224 Å².